The van der Waals surface area contributed by atoms with Gasteiger partial charge >= 0.3 is 6.03 Å². The number of carbonyl (C=O) groups excluding carboxylic acids is 2. The van der Waals surface area contributed by atoms with Crippen LogP contribution in [0.25, 0.3) is 0 Å². The second-order valence-electron chi connectivity index (χ2n) is 6.88. The van der Waals surface area contributed by atoms with Crippen molar-refractivity contribution in [3.63, 3.8) is 0 Å². The molecule has 3 amide bonds. The predicted molar refractivity (Wildman–Crippen MR) is 129 cm³/mol. The molecule has 0 unspecified atom stereocenters. The van der Waals surface area contributed by atoms with E-state index >= 15 is 0 Å². The zero-order valence-corrected chi connectivity index (χ0v) is 18.8. The van der Waals surface area contributed by atoms with Crippen LogP contribution in [0.1, 0.15) is 11.1 Å². The van der Waals surface area contributed by atoms with E-state index in [9.17, 15) is 9.59 Å². The van der Waals surface area contributed by atoms with Crippen LogP contribution in [-0.4, -0.2) is 31.9 Å². The second kappa shape index (κ2) is 11.5. The minimum Gasteiger partial charge on any atom is -0.493 e. The number of halogens is 1. The molecular formula is C24H23ClN4O4. The van der Waals surface area contributed by atoms with Gasteiger partial charge in [0.25, 0.3) is 5.91 Å². The maximum atomic E-state index is 12.1. The molecule has 170 valence electrons. The summed E-state index contributed by atoms with van der Waals surface area (Å²) in [5.41, 5.74) is 5.24. The maximum absolute atomic E-state index is 12.1. The fraction of sp³-hybridized carbons (Fsp3) is 0.125. The Morgan fingerprint density at radius 1 is 1.03 bits per heavy atom. The van der Waals surface area contributed by atoms with Crippen molar-refractivity contribution in [3.05, 3.63) is 82.9 Å². The van der Waals surface area contributed by atoms with Crippen LogP contribution in [0, 0.1) is 6.92 Å². The second-order valence-corrected chi connectivity index (χ2v) is 7.28. The Morgan fingerprint density at radius 2 is 1.76 bits per heavy atom. The molecule has 0 aliphatic heterocycles. The topological polar surface area (TPSA) is 101 Å². The molecule has 0 aromatic heterocycles. The number of aryl methyl sites for hydroxylation is 1. The lowest BCUT2D eigenvalue weighted by atomic mass is 10.2. The first-order valence-electron chi connectivity index (χ1n) is 9.97. The lowest BCUT2D eigenvalue weighted by Gasteiger charge is -2.13. The number of amides is 3. The van der Waals surface area contributed by atoms with Crippen molar-refractivity contribution in [2.75, 3.05) is 24.4 Å². The minimum atomic E-state index is -0.483. The van der Waals surface area contributed by atoms with E-state index in [2.05, 4.69) is 21.2 Å². The normalized spacial score (nSPS) is 10.5. The van der Waals surface area contributed by atoms with E-state index in [4.69, 9.17) is 21.1 Å². The fourth-order valence-corrected chi connectivity index (χ4v) is 3.11. The van der Waals surface area contributed by atoms with Crippen molar-refractivity contribution < 1.29 is 19.1 Å². The number of nitrogens with one attached hydrogen (secondary N) is 3. The molecule has 3 rings (SSSR count). The van der Waals surface area contributed by atoms with Gasteiger partial charge in [-0.2, -0.15) is 5.10 Å². The van der Waals surface area contributed by atoms with Crippen molar-refractivity contribution in [1.82, 2.24) is 5.43 Å². The van der Waals surface area contributed by atoms with E-state index < -0.39 is 6.03 Å². The largest absolute Gasteiger partial charge is 0.493 e. The smallest absolute Gasteiger partial charge is 0.339 e. The quantitative estimate of drug-likeness (QED) is 0.327. The summed E-state index contributed by atoms with van der Waals surface area (Å²) in [5, 5.41) is 9.59. The van der Waals surface area contributed by atoms with E-state index in [0.717, 1.165) is 5.56 Å². The van der Waals surface area contributed by atoms with Crippen molar-refractivity contribution in [2.24, 2.45) is 5.10 Å². The molecule has 9 heteroatoms. The predicted octanol–water partition coefficient (Wildman–Crippen LogP) is 4.83. The van der Waals surface area contributed by atoms with Crippen LogP contribution < -0.4 is 25.5 Å². The van der Waals surface area contributed by atoms with Gasteiger partial charge in [-0.25, -0.2) is 10.2 Å². The summed E-state index contributed by atoms with van der Waals surface area (Å²) in [5.74, 6) is 0.208. The number of ether oxygens (including phenoxy) is 2. The number of carbonyl (C=O) groups is 2. The molecule has 0 spiro atoms. The number of hydrazone groups is 1. The highest BCUT2D eigenvalue weighted by Gasteiger charge is 2.14. The Morgan fingerprint density at radius 3 is 2.48 bits per heavy atom. The zero-order valence-electron chi connectivity index (χ0n) is 18.1. The Bertz CT molecular complexity index is 1150. The molecule has 3 aromatic carbocycles. The molecule has 0 aliphatic carbocycles. The highest BCUT2D eigenvalue weighted by atomic mass is 35.5. The highest BCUT2D eigenvalue weighted by molar-refractivity contribution is 6.32. The summed E-state index contributed by atoms with van der Waals surface area (Å²) < 4.78 is 10.9. The van der Waals surface area contributed by atoms with Gasteiger partial charge < -0.3 is 20.1 Å². The molecule has 3 aromatic rings. The number of hydrogen-bond donors (Lipinski definition) is 3. The van der Waals surface area contributed by atoms with Gasteiger partial charge in [0, 0.05) is 11.4 Å². The molecule has 0 atom stereocenters. The molecule has 0 bridgehead atoms. The first-order chi connectivity index (χ1) is 16.0. The van der Waals surface area contributed by atoms with Crippen LogP contribution in [0.4, 0.5) is 16.2 Å². The SMILES string of the molecule is COc1cc(C=NNC(=O)Nc2ccccc2C)cc(Cl)c1OCC(=O)Nc1ccccc1. The molecule has 0 aliphatic rings. The first-order valence-corrected chi connectivity index (χ1v) is 10.3. The molecule has 0 heterocycles. The molecule has 0 fully saturated rings. The summed E-state index contributed by atoms with van der Waals surface area (Å²) in [6, 6.07) is 19.2. The zero-order chi connectivity index (χ0) is 23.6. The van der Waals surface area contributed by atoms with Gasteiger partial charge in [-0.3, -0.25) is 4.79 Å². The van der Waals surface area contributed by atoms with E-state index in [-0.39, 0.29) is 23.3 Å². The number of hydrogen-bond acceptors (Lipinski definition) is 5. The van der Waals surface area contributed by atoms with E-state index in [1.54, 1.807) is 30.3 Å². The number of urea groups is 1. The number of methoxy groups -OCH3 is 1. The van der Waals surface area contributed by atoms with Crippen molar-refractivity contribution in [1.29, 1.82) is 0 Å². The number of rotatable bonds is 8. The summed E-state index contributed by atoms with van der Waals surface area (Å²) >= 11 is 6.33. The maximum Gasteiger partial charge on any atom is 0.339 e. The summed E-state index contributed by atoms with van der Waals surface area (Å²) in [6.45, 7) is 1.64. The van der Waals surface area contributed by atoms with E-state index in [1.807, 2.05) is 43.3 Å². The van der Waals surface area contributed by atoms with Crippen molar-refractivity contribution in [3.8, 4) is 11.5 Å². The monoisotopic (exact) mass is 466 g/mol. The van der Waals surface area contributed by atoms with Crippen LogP contribution in [0.5, 0.6) is 11.5 Å². The molecule has 0 saturated carbocycles. The third-order valence-corrected chi connectivity index (χ3v) is 4.71. The Labute approximate surface area is 196 Å². The average molecular weight is 467 g/mol. The summed E-state index contributed by atoms with van der Waals surface area (Å²) in [7, 11) is 1.46. The fourth-order valence-electron chi connectivity index (χ4n) is 2.84. The van der Waals surface area contributed by atoms with Crippen molar-refractivity contribution >= 4 is 41.1 Å². The third-order valence-electron chi connectivity index (χ3n) is 4.43. The van der Waals surface area contributed by atoms with Crippen molar-refractivity contribution in [2.45, 2.75) is 6.92 Å². The number of benzene rings is 3. The Kier molecular flexibility index (Phi) is 8.26. The number of nitrogens with zero attached hydrogens (tertiary/aromatic N) is 1. The van der Waals surface area contributed by atoms with Crippen LogP contribution in [-0.2, 0) is 4.79 Å². The number of para-hydroxylation sites is 2. The van der Waals surface area contributed by atoms with Gasteiger partial charge in [0.15, 0.2) is 18.1 Å². The van der Waals surface area contributed by atoms with E-state index in [1.165, 1.54) is 13.3 Å². The Balaban J connectivity index is 1.59. The average Bonchev–Trinajstić information content (AvgIpc) is 2.80. The lowest BCUT2D eigenvalue weighted by molar-refractivity contribution is -0.118. The van der Waals surface area contributed by atoms with Gasteiger partial charge in [0.1, 0.15) is 0 Å². The Hall–Kier alpha value is -4.04. The highest BCUT2D eigenvalue weighted by Crippen LogP contribution is 2.36. The molecule has 0 saturated heterocycles. The molecule has 3 N–H and O–H groups in total. The van der Waals surface area contributed by atoms with Gasteiger partial charge in [-0.15, -0.1) is 0 Å². The molecule has 8 nitrogen and oxygen atoms in total. The molecule has 0 radical (unpaired) electrons. The number of anilines is 2. The summed E-state index contributed by atoms with van der Waals surface area (Å²) in [4.78, 5) is 24.2. The van der Waals surface area contributed by atoms with Crippen LogP contribution >= 0.6 is 11.6 Å². The van der Waals surface area contributed by atoms with Crippen LogP contribution in [0.2, 0.25) is 5.02 Å². The van der Waals surface area contributed by atoms with Crippen LogP contribution in [0.3, 0.4) is 0 Å². The van der Waals surface area contributed by atoms with Gasteiger partial charge in [-0.1, -0.05) is 48.0 Å². The van der Waals surface area contributed by atoms with Gasteiger partial charge in [0.05, 0.1) is 18.3 Å². The lowest BCUT2D eigenvalue weighted by Crippen LogP contribution is -2.24. The molecule has 33 heavy (non-hydrogen) atoms. The summed E-state index contributed by atoms with van der Waals surface area (Å²) in [6.07, 6.45) is 1.41. The first kappa shape index (κ1) is 23.6. The van der Waals surface area contributed by atoms with E-state index in [0.29, 0.717) is 22.7 Å². The van der Waals surface area contributed by atoms with Crippen LogP contribution in [0.15, 0.2) is 71.8 Å². The standard InChI is InChI=1S/C24H23ClN4O4/c1-16-8-6-7-11-20(16)28-24(31)29-26-14-17-12-19(25)23(21(13-17)32-2)33-15-22(30)27-18-9-4-3-5-10-18/h3-14H,15H2,1-2H3,(H,27,30)(H2,28,29,31). The minimum absolute atomic E-state index is 0.227. The molecular weight excluding hydrogens is 444 g/mol. The van der Waals surface area contributed by atoms with Gasteiger partial charge in [-0.05, 0) is 48.4 Å². The third kappa shape index (κ3) is 6.98. The van der Waals surface area contributed by atoms with Gasteiger partial charge in [0.2, 0.25) is 0 Å².